The predicted octanol–water partition coefficient (Wildman–Crippen LogP) is -0.0100. The van der Waals surface area contributed by atoms with Crippen LogP contribution >= 0.6 is 0 Å². The van der Waals surface area contributed by atoms with E-state index in [1.54, 1.807) is 0 Å². The molecule has 0 unspecified atom stereocenters. The summed E-state index contributed by atoms with van der Waals surface area (Å²) in [6, 6.07) is 0. The van der Waals surface area contributed by atoms with Crippen molar-refractivity contribution < 1.29 is 86.6 Å². The molecule has 0 spiro atoms. The van der Waals surface area contributed by atoms with E-state index in [0.29, 0.717) is 0 Å². The number of hydrogen-bond donors (Lipinski definition) is 0. The molecule has 0 aliphatic carbocycles. The zero-order valence-electron chi connectivity index (χ0n) is 1.61. The van der Waals surface area contributed by atoms with Crippen molar-refractivity contribution in [2.75, 3.05) is 0 Å². The Kier molecular flexibility index (Phi) is 122. The van der Waals surface area contributed by atoms with Gasteiger partial charge in [-0.3, -0.25) is 0 Å². The van der Waals surface area contributed by atoms with Gasteiger partial charge in [0.2, 0.25) is 0 Å². The average Bonchev–Trinajstić information content (AvgIpc) is 0. The van der Waals surface area contributed by atoms with Crippen LogP contribution in [0.15, 0.2) is 0 Å². The van der Waals surface area contributed by atoms with Crippen molar-refractivity contribution in [2.24, 2.45) is 0 Å². The van der Waals surface area contributed by atoms with Gasteiger partial charge in [0.1, 0.15) is 0 Å². The van der Waals surface area contributed by atoms with Crippen LogP contribution in [0.3, 0.4) is 0 Å². The second-order valence-corrected chi connectivity index (χ2v) is 0. The molecule has 0 aromatic heterocycles. The van der Waals surface area contributed by atoms with E-state index in [0.717, 1.165) is 0 Å². The molecule has 0 nitrogen and oxygen atoms in total. The van der Waals surface area contributed by atoms with Gasteiger partial charge in [-0.05, 0) is 0 Å². The predicted molar refractivity (Wildman–Crippen MR) is 0 cm³/mol. The minimum atomic E-state index is 0. The summed E-state index contributed by atoms with van der Waals surface area (Å²) in [5.41, 5.74) is 0. The van der Waals surface area contributed by atoms with E-state index >= 15 is 0 Å². The maximum atomic E-state index is 0. The van der Waals surface area contributed by atoms with Gasteiger partial charge >= 0.3 is 0 Å². The third-order valence-electron chi connectivity index (χ3n) is 0. The van der Waals surface area contributed by atoms with Gasteiger partial charge in [-0.25, -0.2) is 0 Å². The maximum Gasteiger partial charge on any atom is 0 e. The first kappa shape index (κ1) is 28.9. The SMILES string of the molecule is [Au].[Au].[Au].[Zn]. The second-order valence-electron chi connectivity index (χ2n) is 0. The smallest absolute Gasteiger partial charge is 0 e. The molecule has 0 rings (SSSR count). The molecule has 0 bridgehead atoms. The molecule has 0 saturated carbocycles. The summed E-state index contributed by atoms with van der Waals surface area (Å²) < 4.78 is 0. The van der Waals surface area contributed by atoms with E-state index in [4.69, 9.17) is 0 Å². The Morgan fingerprint density at radius 3 is 0.500 bits per heavy atom. The summed E-state index contributed by atoms with van der Waals surface area (Å²) >= 11 is 0. The molecule has 0 aromatic rings. The van der Waals surface area contributed by atoms with Crippen molar-refractivity contribution in [3.63, 3.8) is 0 Å². The molecule has 0 atom stereocenters. The van der Waals surface area contributed by atoms with Crippen LogP contribution < -0.4 is 0 Å². The molecule has 0 heterocycles. The van der Waals surface area contributed by atoms with Crippen LogP contribution in [0.5, 0.6) is 0 Å². The Morgan fingerprint density at radius 2 is 0.500 bits per heavy atom. The minimum absolute atomic E-state index is 0. The molecule has 0 aliphatic heterocycles. The molecule has 0 aliphatic rings. The maximum absolute atomic E-state index is 0. The van der Waals surface area contributed by atoms with E-state index < -0.39 is 0 Å². The van der Waals surface area contributed by atoms with Crippen LogP contribution in [0.4, 0.5) is 0 Å². The van der Waals surface area contributed by atoms with Crippen molar-refractivity contribution in [2.45, 2.75) is 0 Å². The molecule has 4 heteroatoms. The first-order valence-electron chi connectivity index (χ1n) is 0. The van der Waals surface area contributed by atoms with Crippen LogP contribution in [0.25, 0.3) is 0 Å². The van der Waals surface area contributed by atoms with E-state index in [1.165, 1.54) is 0 Å². The molecular formula is Au3Zn. The molecule has 35 valence electrons. The van der Waals surface area contributed by atoms with Crippen molar-refractivity contribution in [3.8, 4) is 0 Å². The van der Waals surface area contributed by atoms with Gasteiger partial charge in [0.05, 0.1) is 0 Å². The fourth-order valence-electron chi connectivity index (χ4n) is 0. The molecule has 4 heavy (non-hydrogen) atoms. The summed E-state index contributed by atoms with van der Waals surface area (Å²) in [4.78, 5) is 0. The van der Waals surface area contributed by atoms with Crippen LogP contribution in [0, 0.1) is 0 Å². The first-order valence-corrected chi connectivity index (χ1v) is 0. The number of rotatable bonds is 0. The summed E-state index contributed by atoms with van der Waals surface area (Å²) in [6.45, 7) is 0. The Bertz CT molecular complexity index is 3.25. The Balaban J connectivity index is 0. The topological polar surface area (TPSA) is 0 Å². The van der Waals surface area contributed by atoms with Gasteiger partial charge in [-0.15, -0.1) is 0 Å². The van der Waals surface area contributed by atoms with E-state index in [1.807, 2.05) is 0 Å². The van der Waals surface area contributed by atoms with Gasteiger partial charge in [0.15, 0.2) is 0 Å². The second kappa shape index (κ2) is 17.0. The molecule has 0 N–H and O–H groups in total. The van der Waals surface area contributed by atoms with E-state index in [9.17, 15) is 0 Å². The minimum Gasteiger partial charge on any atom is 0 e. The number of hydrogen-bond acceptors (Lipinski definition) is 0. The van der Waals surface area contributed by atoms with Crippen molar-refractivity contribution >= 4 is 0 Å². The molecule has 0 aromatic carbocycles. The fraction of sp³-hybridized carbons (Fsp3) is 0. The zero-order chi connectivity index (χ0) is 0. The summed E-state index contributed by atoms with van der Waals surface area (Å²) in [6.07, 6.45) is 0. The summed E-state index contributed by atoms with van der Waals surface area (Å²) in [5.74, 6) is 0. The van der Waals surface area contributed by atoms with E-state index in [2.05, 4.69) is 0 Å². The van der Waals surface area contributed by atoms with Crippen molar-refractivity contribution in [1.82, 2.24) is 0 Å². The van der Waals surface area contributed by atoms with Crippen LogP contribution in [-0.2, 0) is 86.6 Å². The third kappa shape index (κ3) is 8.85. The largest absolute Gasteiger partial charge is 0 e. The van der Waals surface area contributed by atoms with Gasteiger partial charge in [0.25, 0.3) is 0 Å². The molecule has 0 saturated heterocycles. The van der Waals surface area contributed by atoms with Gasteiger partial charge in [0, 0.05) is 86.6 Å². The Labute approximate surface area is 85.2 Å². The monoisotopic (exact) mass is 655 g/mol. The zero-order valence-corrected chi connectivity index (χ0v) is 11.1. The van der Waals surface area contributed by atoms with Gasteiger partial charge in [-0.1, -0.05) is 0 Å². The van der Waals surface area contributed by atoms with Gasteiger partial charge in [-0.2, -0.15) is 0 Å². The normalized spacial score (nSPS) is 0. The van der Waals surface area contributed by atoms with Crippen molar-refractivity contribution in [1.29, 1.82) is 0 Å². The molecule has 0 fully saturated rings. The average molecular weight is 656 g/mol. The quantitative estimate of drug-likeness (QED) is 0.323. The van der Waals surface area contributed by atoms with Crippen LogP contribution in [0.1, 0.15) is 0 Å². The first-order chi connectivity index (χ1) is 0. The summed E-state index contributed by atoms with van der Waals surface area (Å²) in [7, 11) is 0. The molecule has 3 radical (unpaired) electrons. The molecule has 0 amide bonds. The Morgan fingerprint density at radius 1 is 0.500 bits per heavy atom. The van der Waals surface area contributed by atoms with E-state index in [-0.39, 0.29) is 86.6 Å². The molecular weight excluding hydrogens is 656 g/mol. The Hall–Kier alpha value is 2.84. The van der Waals surface area contributed by atoms with Crippen LogP contribution in [0.2, 0.25) is 0 Å². The third-order valence-corrected chi connectivity index (χ3v) is 0. The van der Waals surface area contributed by atoms with Gasteiger partial charge < -0.3 is 0 Å². The van der Waals surface area contributed by atoms with Crippen LogP contribution in [-0.4, -0.2) is 0 Å². The fourth-order valence-corrected chi connectivity index (χ4v) is 0. The van der Waals surface area contributed by atoms with Crippen molar-refractivity contribution in [3.05, 3.63) is 0 Å². The standard InChI is InChI=1S/3Au.Zn. The summed E-state index contributed by atoms with van der Waals surface area (Å²) in [5, 5.41) is 0.